The van der Waals surface area contributed by atoms with Crippen molar-refractivity contribution in [3.05, 3.63) is 28.2 Å². The summed E-state index contributed by atoms with van der Waals surface area (Å²) in [4.78, 5) is 23.1. The number of ether oxygens (including phenoxy) is 1. The number of nitrogens with one attached hydrogen (secondary N) is 3. The van der Waals surface area contributed by atoms with Crippen molar-refractivity contribution in [1.82, 2.24) is 16.0 Å². The maximum atomic E-state index is 11.7. The Hall–Kier alpha value is -1.60. The summed E-state index contributed by atoms with van der Waals surface area (Å²) in [5.41, 5.74) is 1.02. The molecule has 0 aromatic heterocycles. The fraction of sp³-hybridized carbons (Fsp3) is 0.467. The average Bonchev–Trinajstić information content (AvgIpc) is 3.28. The molecule has 1 saturated carbocycles. The van der Waals surface area contributed by atoms with Gasteiger partial charge in [0.05, 0.1) is 18.1 Å². The van der Waals surface area contributed by atoms with Gasteiger partial charge in [-0.15, -0.1) is 0 Å². The molecule has 1 fully saturated rings. The van der Waals surface area contributed by atoms with Gasteiger partial charge < -0.3 is 15.4 Å². The maximum Gasteiger partial charge on any atom is 0.321 e. The fourth-order valence-electron chi connectivity index (χ4n) is 1.94. The Morgan fingerprint density at radius 3 is 2.73 bits per heavy atom. The zero-order valence-electron chi connectivity index (χ0n) is 12.6. The normalized spacial score (nSPS) is 15.0. The van der Waals surface area contributed by atoms with Crippen molar-refractivity contribution in [3.8, 4) is 5.75 Å². The second kappa shape index (κ2) is 7.60. The van der Waals surface area contributed by atoms with Crippen molar-refractivity contribution < 1.29 is 14.3 Å². The smallest absolute Gasteiger partial charge is 0.321 e. The molecule has 2 rings (SSSR count). The Morgan fingerprint density at radius 2 is 2.14 bits per heavy atom. The minimum atomic E-state index is -0.422. The number of amides is 3. The number of imide groups is 1. The summed E-state index contributed by atoms with van der Waals surface area (Å²) < 4.78 is 6.04. The lowest BCUT2D eigenvalue weighted by molar-refractivity contribution is -0.119. The van der Waals surface area contributed by atoms with Gasteiger partial charge in [0.1, 0.15) is 5.75 Å². The third-order valence-corrected chi connectivity index (χ3v) is 4.03. The number of carbonyl (C=O) groups is 2. The SMILES string of the molecule is COc1ccc([C@H](C)NCC(=O)NC(=O)NC2CC2)cc1Br. The van der Waals surface area contributed by atoms with Gasteiger partial charge in [-0.1, -0.05) is 6.07 Å². The van der Waals surface area contributed by atoms with Gasteiger partial charge in [-0.2, -0.15) is 0 Å². The summed E-state index contributed by atoms with van der Waals surface area (Å²) >= 11 is 3.43. The van der Waals surface area contributed by atoms with E-state index >= 15 is 0 Å². The Balaban J connectivity index is 1.78. The number of rotatable bonds is 6. The Labute approximate surface area is 138 Å². The van der Waals surface area contributed by atoms with Crippen molar-refractivity contribution in [1.29, 1.82) is 0 Å². The second-order valence-electron chi connectivity index (χ2n) is 5.29. The lowest BCUT2D eigenvalue weighted by Crippen LogP contribution is -2.44. The monoisotopic (exact) mass is 369 g/mol. The Kier molecular flexibility index (Phi) is 5.79. The summed E-state index contributed by atoms with van der Waals surface area (Å²) in [7, 11) is 1.61. The number of halogens is 1. The van der Waals surface area contributed by atoms with Crippen molar-refractivity contribution in [2.24, 2.45) is 0 Å². The van der Waals surface area contributed by atoms with E-state index in [-0.39, 0.29) is 24.5 Å². The van der Waals surface area contributed by atoms with Crippen LogP contribution in [0, 0.1) is 0 Å². The van der Waals surface area contributed by atoms with Gasteiger partial charge >= 0.3 is 6.03 Å². The van der Waals surface area contributed by atoms with Crippen molar-refractivity contribution >= 4 is 27.9 Å². The molecular formula is C15H20BrN3O3. The Bertz CT molecular complexity index is 561. The van der Waals surface area contributed by atoms with E-state index in [1.54, 1.807) is 7.11 Å². The summed E-state index contributed by atoms with van der Waals surface area (Å²) in [6.07, 6.45) is 1.98. The Morgan fingerprint density at radius 1 is 1.41 bits per heavy atom. The lowest BCUT2D eigenvalue weighted by Gasteiger charge is -2.15. The van der Waals surface area contributed by atoms with Crippen LogP contribution in [0.1, 0.15) is 31.4 Å². The molecule has 3 amide bonds. The third kappa shape index (κ3) is 4.99. The number of hydrogen-bond acceptors (Lipinski definition) is 4. The summed E-state index contributed by atoms with van der Waals surface area (Å²) in [6.45, 7) is 2.02. The number of carbonyl (C=O) groups excluding carboxylic acids is 2. The van der Waals surface area contributed by atoms with Crippen LogP contribution in [0.5, 0.6) is 5.75 Å². The van der Waals surface area contributed by atoms with Crippen LogP contribution < -0.4 is 20.7 Å². The van der Waals surface area contributed by atoms with Gasteiger partial charge in [0, 0.05) is 12.1 Å². The third-order valence-electron chi connectivity index (χ3n) is 3.41. The highest BCUT2D eigenvalue weighted by Gasteiger charge is 2.23. The molecule has 3 N–H and O–H groups in total. The highest BCUT2D eigenvalue weighted by molar-refractivity contribution is 9.10. The molecule has 1 aliphatic rings. The number of urea groups is 1. The first-order chi connectivity index (χ1) is 10.5. The summed E-state index contributed by atoms with van der Waals surface area (Å²) in [6, 6.07) is 5.51. The highest BCUT2D eigenvalue weighted by atomic mass is 79.9. The zero-order chi connectivity index (χ0) is 16.1. The molecule has 7 heteroatoms. The van der Waals surface area contributed by atoms with E-state index in [4.69, 9.17) is 4.74 Å². The van der Waals surface area contributed by atoms with Crippen LogP contribution in [0.2, 0.25) is 0 Å². The second-order valence-corrected chi connectivity index (χ2v) is 6.15. The van der Waals surface area contributed by atoms with Gasteiger partial charge in [-0.05, 0) is 53.4 Å². The highest BCUT2D eigenvalue weighted by Crippen LogP contribution is 2.27. The summed E-state index contributed by atoms with van der Waals surface area (Å²) in [5.74, 6) is 0.406. The first kappa shape index (κ1) is 16.8. The predicted octanol–water partition coefficient (Wildman–Crippen LogP) is 2.10. The number of hydrogen-bond donors (Lipinski definition) is 3. The van der Waals surface area contributed by atoms with Crippen LogP contribution in [0.4, 0.5) is 4.79 Å². The molecule has 120 valence electrons. The van der Waals surface area contributed by atoms with Crippen LogP contribution in [-0.2, 0) is 4.79 Å². The van der Waals surface area contributed by atoms with E-state index in [0.29, 0.717) is 0 Å². The van der Waals surface area contributed by atoms with Crippen molar-refractivity contribution in [2.45, 2.75) is 31.8 Å². The molecule has 0 aliphatic heterocycles. The molecule has 1 aliphatic carbocycles. The molecule has 22 heavy (non-hydrogen) atoms. The van der Waals surface area contributed by atoms with E-state index in [9.17, 15) is 9.59 Å². The van der Waals surface area contributed by atoms with Crippen molar-refractivity contribution in [2.75, 3.05) is 13.7 Å². The average molecular weight is 370 g/mol. The molecule has 0 unspecified atom stereocenters. The van der Waals surface area contributed by atoms with Gasteiger partial charge in [0.25, 0.3) is 0 Å². The van der Waals surface area contributed by atoms with Crippen molar-refractivity contribution in [3.63, 3.8) is 0 Å². The molecule has 0 spiro atoms. The molecular weight excluding hydrogens is 350 g/mol. The van der Waals surface area contributed by atoms with Crippen LogP contribution in [0.15, 0.2) is 22.7 Å². The molecule has 1 atom stereocenters. The van der Waals surface area contributed by atoms with Gasteiger partial charge in [0.2, 0.25) is 5.91 Å². The first-order valence-corrected chi connectivity index (χ1v) is 7.96. The van der Waals surface area contributed by atoms with E-state index in [0.717, 1.165) is 28.6 Å². The molecule has 0 heterocycles. The molecule has 1 aromatic rings. The zero-order valence-corrected chi connectivity index (χ0v) is 14.2. The fourth-order valence-corrected chi connectivity index (χ4v) is 2.49. The maximum absolute atomic E-state index is 11.7. The quantitative estimate of drug-likeness (QED) is 0.717. The van der Waals surface area contributed by atoms with E-state index in [2.05, 4.69) is 31.9 Å². The van der Waals surface area contributed by atoms with Gasteiger partial charge in [0.15, 0.2) is 0 Å². The first-order valence-electron chi connectivity index (χ1n) is 7.16. The molecule has 0 bridgehead atoms. The number of methoxy groups -OCH3 is 1. The largest absolute Gasteiger partial charge is 0.496 e. The standard InChI is InChI=1S/C15H20BrN3O3/c1-9(10-3-6-13(22-2)12(16)7-10)17-8-14(20)19-15(21)18-11-4-5-11/h3,6-7,9,11,17H,4-5,8H2,1-2H3,(H2,18,19,20,21)/t9-/m0/s1. The minimum Gasteiger partial charge on any atom is -0.496 e. The predicted molar refractivity (Wildman–Crippen MR) is 86.8 cm³/mol. The van der Waals surface area contributed by atoms with E-state index in [1.165, 1.54) is 0 Å². The van der Waals surface area contributed by atoms with E-state index < -0.39 is 6.03 Å². The van der Waals surface area contributed by atoms with Crippen LogP contribution in [-0.4, -0.2) is 31.6 Å². The van der Waals surface area contributed by atoms with Gasteiger partial charge in [-0.3, -0.25) is 10.1 Å². The molecule has 6 nitrogen and oxygen atoms in total. The molecule has 0 saturated heterocycles. The summed E-state index contributed by atoms with van der Waals surface area (Å²) in [5, 5.41) is 8.10. The molecule has 1 aromatic carbocycles. The van der Waals surface area contributed by atoms with Gasteiger partial charge in [-0.25, -0.2) is 4.79 Å². The van der Waals surface area contributed by atoms with E-state index in [1.807, 2.05) is 25.1 Å². The molecule has 0 radical (unpaired) electrons. The lowest BCUT2D eigenvalue weighted by atomic mass is 10.1. The van der Waals surface area contributed by atoms with Crippen LogP contribution >= 0.6 is 15.9 Å². The van der Waals surface area contributed by atoms with Crippen LogP contribution in [0.3, 0.4) is 0 Å². The number of benzene rings is 1. The minimum absolute atomic E-state index is 0.0283. The van der Waals surface area contributed by atoms with Crippen LogP contribution in [0.25, 0.3) is 0 Å². The topological polar surface area (TPSA) is 79.5 Å².